The van der Waals surface area contributed by atoms with E-state index in [1.54, 1.807) is 20.2 Å². The summed E-state index contributed by atoms with van der Waals surface area (Å²) in [4.78, 5) is 20.0. The second-order valence-corrected chi connectivity index (χ2v) is 6.64. The van der Waals surface area contributed by atoms with Crippen molar-refractivity contribution in [3.63, 3.8) is 0 Å². The van der Waals surface area contributed by atoms with Crippen LogP contribution < -0.4 is 10.6 Å². The number of ether oxygens (including phenoxy) is 1. The first-order chi connectivity index (χ1) is 13.0. The SMILES string of the molecule is CN(C)C(=O)CN=C(NCCc1cccc(F)c1)NCCN1CCOCC1. The number of likely N-dealkylation sites (N-methyl/N-ethyl adjacent to an activating group) is 1. The Morgan fingerprint density at radius 1 is 1.26 bits per heavy atom. The van der Waals surface area contributed by atoms with E-state index in [0.29, 0.717) is 18.9 Å². The minimum Gasteiger partial charge on any atom is -0.379 e. The molecule has 0 saturated carbocycles. The summed E-state index contributed by atoms with van der Waals surface area (Å²) in [5.74, 6) is 0.297. The Kier molecular flexibility index (Phi) is 9.00. The molecular weight excluding hydrogens is 349 g/mol. The lowest BCUT2D eigenvalue weighted by molar-refractivity contribution is -0.127. The third-order valence-corrected chi connectivity index (χ3v) is 4.29. The third-order valence-electron chi connectivity index (χ3n) is 4.29. The van der Waals surface area contributed by atoms with Gasteiger partial charge in [-0.1, -0.05) is 12.1 Å². The number of carbonyl (C=O) groups is 1. The lowest BCUT2D eigenvalue weighted by Gasteiger charge is -2.26. The molecule has 1 fully saturated rings. The van der Waals surface area contributed by atoms with Crippen molar-refractivity contribution in [2.75, 3.05) is 66.6 Å². The van der Waals surface area contributed by atoms with Crippen LogP contribution in [-0.2, 0) is 16.0 Å². The van der Waals surface area contributed by atoms with Crippen molar-refractivity contribution in [3.05, 3.63) is 35.6 Å². The van der Waals surface area contributed by atoms with E-state index >= 15 is 0 Å². The number of hydrogen-bond donors (Lipinski definition) is 2. The van der Waals surface area contributed by atoms with Gasteiger partial charge in [-0.05, 0) is 24.1 Å². The maximum absolute atomic E-state index is 13.3. The first-order valence-corrected chi connectivity index (χ1v) is 9.31. The number of amides is 1. The molecule has 1 aromatic rings. The molecule has 1 aromatic carbocycles. The van der Waals surface area contributed by atoms with Gasteiger partial charge in [-0.2, -0.15) is 0 Å². The molecule has 27 heavy (non-hydrogen) atoms. The molecule has 0 unspecified atom stereocenters. The van der Waals surface area contributed by atoms with Crippen molar-refractivity contribution in [1.29, 1.82) is 0 Å². The Morgan fingerprint density at radius 3 is 2.70 bits per heavy atom. The summed E-state index contributed by atoms with van der Waals surface area (Å²) in [5.41, 5.74) is 0.916. The maximum Gasteiger partial charge on any atom is 0.243 e. The Morgan fingerprint density at radius 2 is 2.00 bits per heavy atom. The summed E-state index contributed by atoms with van der Waals surface area (Å²) in [6.45, 7) is 5.69. The van der Waals surface area contributed by atoms with Crippen LogP contribution >= 0.6 is 0 Å². The summed E-state index contributed by atoms with van der Waals surface area (Å²) < 4.78 is 18.6. The molecule has 0 bridgehead atoms. The van der Waals surface area contributed by atoms with E-state index < -0.39 is 0 Å². The van der Waals surface area contributed by atoms with Gasteiger partial charge in [-0.25, -0.2) is 9.38 Å². The molecule has 2 rings (SSSR count). The summed E-state index contributed by atoms with van der Waals surface area (Å²) in [6, 6.07) is 6.56. The van der Waals surface area contributed by atoms with Gasteiger partial charge in [-0.3, -0.25) is 9.69 Å². The molecule has 8 heteroatoms. The highest BCUT2D eigenvalue weighted by Gasteiger charge is 2.10. The number of guanidine groups is 1. The predicted octanol–water partition coefficient (Wildman–Crippen LogP) is 0.324. The summed E-state index contributed by atoms with van der Waals surface area (Å²) >= 11 is 0. The highest BCUT2D eigenvalue weighted by atomic mass is 19.1. The quantitative estimate of drug-likeness (QED) is 0.503. The topological polar surface area (TPSA) is 69.2 Å². The number of hydrogen-bond acceptors (Lipinski definition) is 4. The fraction of sp³-hybridized carbons (Fsp3) is 0.579. The highest BCUT2D eigenvalue weighted by molar-refractivity contribution is 5.84. The van der Waals surface area contributed by atoms with E-state index in [4.69, 9.17) is 4.74 Å². The van der Waals surface area contributed by atoms with Crippen LogP contribution in [-0.4, -0.2) is 88.2 Å². The van der Waals surface area contributed by atoms with Gasteiger partial charge in [0.15, 0.2) is 5.96 Å². The van der Waals surface area contributed by atoms with Gasteiger partial charge >= 0.3 is 0 Å². The molecule has 0 radical (unpaired) electrons. The van der Waals surface area contributed by atoms with Crippen molar-refractivity contribution in [2.45, 2.75) is 6.42 Å². The first-order valence-electron chi connectivity index (χ1n) is 9.31. The van der Waals surface area contributed by atoms with Crippen LogP contribution in [0.1, 0.15) is 5.56 Å². The first kappa shape index (κ1) is 21.1. The second-order valence-electron chi connectivity index (χ2n) is 6.64. The summed E-state index contributed by atoms with van der Waals surface area (Å²) in [5, 5.41) is 6.49. The molecule has 0 aliphatic carbocycles. The molecule has 150 valence electrons. The second kappa shape index (κ2) is 11.5. The minimum atomic E-state index is -0.235. The third kappa shape index (κ3) is 8.36. The molecule has 0 atom stereocenters. The number of aliphatic imine (C=N–C) groups is 1. The number of halogens is 1. The lowest BCUT2D eigenvalue weighted by Crippen LogP contribution is -2.45. The van der Waals surface area contributed by atoms with Crippen LogP contribution in [0.15, 0.2) is 29.3 Å². The minimum absolute atomic E-state index is 0.0607. The van der Waals surface area contributed by atoms with Crippen LogP contribution in [0.5, 0.6) is 0 Å². The van der Waals surface area contributed by atoms with Gasteiger partial charge in [0.05, 0.1) is 13.2 Å². The summed E-state index contributed by atoms with van der Waals surface area (Å²) in [6.07, 6.45) is 0.670. The number of rotatable bonds is 8. The average Bonchev–Trinajstić information content (AvgIpc) is 2.66. The molecule has 0 spiro atoms. The zero-order valence-electron chi connectivity index (χ0n) is 16.2. The van der Waals surface area contributed by atoms with E-state index in [9.17, 15) is 9.18 Å². The molecular formula is C19H30FN5O2. The number of carbonyl (C=O) groups excluding carboxylic acids is 1. The summed E-state index contributed by atoms with van der Waals surface area (Å²) in [7, 11) is 3.42. The molecule has 0 aromatic heterocycles. The largest absolute Gasteiger partial charge is 0.379 e. The van der Waals surface area contributed by atoms with Gasteiger partial charge in [0.2, 0.25) is 5.91 Å². The Labute approximate surface area is 160 Å². The van der Waals surface area contributed by atoms with E-state index in [2.05, 4.69) is 20.5 Å². The number of nitrogens with zero attached hydrogens (tertiary/aromatic N) is 3. The molecule has 7 nitrogen and oxygen atoms in total. The van der Waals surface area contributed by atoms with Crippen LogP contribution in [0.25, 0.3) is 0 Å². The molecule has 1 amide bonds. The van der Waals surface area contributed by atoms with Crippen LogP contribution in [0, 0.1) is 5.82 Å². The fourth-order valence-corrected chi connectivity index (χ4v) is 2.64. The van der Waals surface area contributed by atoms with Crippen LogP contribution in [0.4, 0.5) is 4.39 Å². The predicted molar refractivity (Wildman–Crippen MR) is 104 cm³/mol. The van der Waals surface area contributed by atoms with Gasteiger partial charge in [0.1, 0.15) is 12.4 Å². The van der Waals surface area contributed by atoms with E-state index in [0.717, 1.165) is 45.0 Å². The number of morpholine rings is 1. The van der Waals surface area contributed by atoms with Gasteiger partial charge in [-0.15, -0.1) is 0 Å². The molecule has 1 aliphatic heterocycles. The van der Waals surface area contributed by atoms with Crippen molar-refractivity contribution in [2.24, 2.45) is 4.99 Å². The highest BCUT2D eigenvalue weighted by Crippen LogP contribution is 2.03. The molecule has 1 saturated heterocycles. The van der Waals surface area contributed by atoms with Crippen molar-refractivity contribution < 1.29 is 13.9 Å². The zero-order chi connectivity index (χ0) is 19.5. The fourth-order valence-electron chi connectivity index (χ4n) is 2.64. The van der Waals surface area contributed by atoms with Crippen LogP contribution in [0.2, 0.25) is 0 Å². The zero-order valence-corrected chi connectivity index (χ0v) is 16.2. The van der Waals surface area contributed by atoms with Crippen molar-refractivity contribution >= 4 is 11.9 Å². The average molecular weight is 379 g/mol. The standard InChI is InChI=1S/C19H30FN5O2/c1-24(2)18(26)15-23-19(22-8-9-25-10-12-27-13-11-25)21-7-6-16-4-3-5-17(20)14-16/h3-5,14H,6-13,15H2,1-2H3,(H2,21,22,23). The molecule has 2 N–H and O–H groups in total. The number of benzene rings is 1. The van der Waals surface area contributed by atoms with Crippen molar-refractivity contribution in [3.8, 4) is 0 Å². The van der Waals surface area contributed by atoms with E-state index in [1.807, 2.05) is 6.07 Å². The molecule has 1 heterocycles. The maximum atomic E-state index is 13.3. The number of nitrogens with one attached hydrogen (secondary N) is 2. The Bertz CT molecular complexity index is 618. The Hall–Kier alpha value is -2.19. The molecule has 1 aliphatic rings. The van der Waals surface area contributed by atoms with Crippen molar-refractivity contribution in [1.82, 2.24) is 20.4 Å². The van der Waals surface area contributed by atoms with Gasteiger partial charge in [0, 0.05) is 46.8 Å². The van der Waals surface area contributed by atoms with E-state index in [-0.39, 0.29) is 18.3 Å². The normalized spacial score (nSPS) is 15.4. The lowest BCUT2D eigenvalue weighted by atomic mass is 10.1. The monoisotopic (exact) mass is 379 g/mol. The van der Waals surface area contributed by atoms with Gasteiger partial charge < -0.3 is 20.3 Å². The van der Waals surface area contributed by atoms with Crippen LogP contribution in [0.3, 0.4) is 0 Å². The van der Waals surface area contributed by atoms with Gasteiger partial charge in [0.25, 0.3) is 0 Å². The van der Waals surface area contributed by atoms with E-state index in [1.165, 1.54) is 17.0 Å². The smallest absolute Gasteiger partial charge is 0.243 e. The Balaban J connectivity index is 1.82.